The van der Waals surface area contributed by atoms with E-state index in [2.05, 4.69) is 27.3 Å². The molecule has 4 nitrogen and oxygen atoms in total. The minimum atomic E-state index is -0.905. The first-order valence-electron chi connectivity index (χ1n) is 6.08. The average Bonchev–Trinajstić information content (AvgIpc) is 2.37. The summed E-state index contributed by atoms with van der Waals surface area (Å²) in [6.07, 6.45) is 0. The number of carbonyl (C=O) groups is 1. The van der Waals surface area contributed by atoms with Crippen molar-refractivity contribution >= 4 is 33.4 Å². The number of benzene rings is 1. The fourth-order valence-electron chi connectivity index (χ4n) is 1.36. The Bertz CT molecular complexity index is 542. The van der Waals surface area contributed by atoms with E-state index in [4.69, 9.17) is 21.6 Å². The molecule has 1 amide bonds. The monoisotopic (exact) mass is 358 g/mol. The van der Waals surface area contributed by atoms with Gasteiger partial charge in [-0.05, 0) is 47.0 Å². The van der Waals surface area contributed by atoms with Gasteiger partial charge in [0.15, 0.2) is 6.61 Å². The lowest BCUT2D eigenvalue weighted by Crippen LogP contribution is -2.50. The lowest BCUT2D eigenvalue weighted by Gasteiger charge is -2.27. The predicted molar refractivity (Wildman–Crippen MR) is 81.6 cm³/mol. The molecule has 1 aromatic rings. The Balaban J connectivity index is 2.62. The van der Waals surface area contributed by atoms with Crippen molar-refractivity contribution in [2.45, 2.75) is 26.3 Å². The van der Waals surface area contributed by atoms with Crippen molar-refractivity contribution in [2.75, 3.05) is 6.61 Å². The first-order valence-corrected chi connectivity index (χ1v) is 7.25. The number of hydrogen-bond acceptors (Lipinski definition) is 3. The Morgan fingerprint density at radius 3 is 2.75 bits per heavy atom. The Hall–Kier alpha value is -1.25. The molecule has 0 spiro atoms. The molecule has 0 bridgehead atoms. The van der Waals surface area contributed by atoms with Gasteiger partial charge in [-0.3, -0.25) is 4.79 Å². The zero-order valence-electron chi connectivity index (χ0n) is 11.5. The van der Waals surface area contributed by atoms with Gasteiger partial charge in [0.2, 0.25) is 0 Å². The number of rotatable bonds is 5. The lowest BCUT2D eigenvalue weighted by atomic mass is 9.90. The molecule has 0 radical (unpaired) electrons. The molecule has 1 rings (SSSR count). The van der Waals surface area contributed by atoms with Gasteiger partial charge in [-0.15, -0.1) is 0 Å². The number of hydrogen-bond donors (Lipinski definition) is 1. The maximum Gasteiger partial charge on any atom is 0.259 e. The van der Waals surface area contributed by atoms with Gasteiger partial charge >= 0.3 is 0 Å². The van der Waals surface area contributed by atoms with Gasteiger partial charge in [-0.2, -0.15) is 5.26 Å². The van der Waals surface area contributed by atoms with Crippen LogP contribution in [0.2, 0.25) is 5.02 Å². The van der Waals surface area contributed by atoms with Crippen LogP contribution in [0.15, 0.2) is 22.7 Å². The van der Waals surface area contributed by atoms with E-state index in [0.29, 0.717) is 15.2 Å². The summed E-state index contributed by atoms with van der Waals surface area (Å²) in [5, 5.41) is 12.4. The molecular weight excluding hydrogens is 344 g/mol. The standard InChI is InChI=1S/C14H16BrClN2O2/c1-9(2)14(3,8-17)18-13(19)7-20-12-5-4-10(16)6-11(12)15/h4-6,9H,7H2,1-3H3,(H,18,19)/t14-/m1/s1. The minimum absolute atomic E-state index is 0.00119. The van der Waals surface area contributed by atoms with E-state index in [1.807, 2.05) is 13.8 Å². The summed E-state index contributed by atoms with van der Waals surface area (Å²) < 4.78 is 6.07. The molecule has 6 heteroatoms. The van der Waals surface area contributed by atoms with E-state index in [-0.39, 0.29) is 18.4 Å². The average molecular weight is 360 g/mol. The highest BCUT2D eigenvalue weighted by Gasteiger charge is 2.30. The van der Waals surface area contributed by atoms with Crippen LogP contribution in [0.3, 0.4) is 0 Å². The zero-order valence-corrected chi connectivity index (χ0v) is 13.9. The molecule has 0 saturated heterocycles. The first-order chi connectivity index (χ1) is 9.28. The molecule has 0 unspecified atom stereocenters. The minimum Gasteiger partial charge on any atom is -0.483 e. The SMILES string of the molecule is CC(C)[C@@](C)(C#N)NC(=O)COc1ccc(Cl)cc1Br. The van der Waals surface area contributed by atoms with Crippen molar-refractivity contribution in [3.63, 3.8) is 0 Å². The number of halogens is 2. The molecule has 1 aromatic carbocycles. The first kappa shape index (κ1) is 16.8. The van der Waals surface area contributed by atoms with Gasteiger partial charge < -0.3 is 10.1 Å². The van der Waals surface area contributed by atoms with Gasteiger partial charge in [-0.1, -0.05) is 25.4 Å². The second-order valence-corrected chi connectivity index (χ2v) is 6.17. The molecule has 0 aliphatic carbocycles. The Kier molecular flexibility index (Phi) is 5.85. The molecule has 0 aliphatic heterocycles. The Morgan fingerprint density at radius 2 is 2.25 bits per heavy atom. The number of ether oxygens (including phenoxy) is 1. The quantitative estimate of drug-likeness (QED) is 0.874. The molecule has 0 aliphatic rings. The Labute approximate surface area is 132 Å². The number of amides is 1. The van der Waals surface area contributed by atoms with Crippen LogP contribution in [0.25, 0.3) is 0 Å². The third kappa shape index (κ3) is 4.39. The maximum atomic E-state index is 11.8. The normalized spacial score (nSPS) is 13.4. The summed E-state index contributed by atoms with van der Waals surface area (Å²) in [4.78, 5) is 11.8. The highest BCUT2D eigenvalue weighted by atomic mass is 79.9. The zero-order chi connectivity index (χ0) is 15.3. The summed E-state index contributed by atoms with van der Waals surface area (Å²) in [6, 6.07) is 7.14. The maximum absolute atomic E-state index is 11.8. The van der Waals surface area contributed by atoms with Crippen molar-refractivity contribution in [1.29, 1.82) is 5.26 Å². The largest absolute Gasteiger partial charge is 0.483 e. The van der Waals surface area contributed by atoms with Crippen LogP contribution in [0.5, 0.6) is 5.75 Å². The van der Waals surface area contributed by atoms with Gasteiger partial charge in [0.1, 0.15) is 11.3 Å². The smallest absolute Gasteiger partial charge is 0.259 e. The number of nitriles is 1. The summed E-state index contributed by atoms with van der Waals surface area (Å²) in [5.74, 6) is 0.177. The van der Waals surface area contributed by atoms with Gasteiger partial charge in [0.05, 0.1) is 10.5 Å². The van der Waals surface area contributed by atoms with E-state index in [0.717, 1.165) is 0 Å². The van der Waals surface area contributed by atoms with E-state index in [9.17, 15) is 4.79 Å². The third-order valence-electron chi connectivity index (χ3n) is 3.04. The molecule has 20 heavy (non-hydrogen) atoms. The van der Waals surface area contributed by atoms with Crippen molar-refractivity contribution in [3.05, 3.63) is 27.7 Å². The van der Waals surface area contributed by atoms with Crippen LogP contribution in [0, 0.1) is 17.2 Å². The molecule has 1 atom stereocenters. The molecule has 108 valence electrons. The van der Waals surface area contributed by atoms with Crippen LogP contribution in [-0.4, -0.2) is 18.1 Å². The van der Waals surface area contributed by atoms with Gasteiger partial charge in [0.25, 0.3) is 5.91 Å². The summed E-state index contributed by atoms with van der Waals surface area (Å²) >= 11 is 9.12. The fraction of sp³-hybridized carbons (Fsp3) is 0.429. The van der Waals surface area contributed by atoms with Crippen molar-refractivity contribution in [2.24, 2.45) is 5.92 Å². The molecule has 0 aromatic heterocycles. The van der Waals surface area contributed by atoms with E-state index in [1.165, 1.54) is 0 Å². The Morgan fingerprint density at radius 1 is 1.60 bits per heavy atom. The molecule has 1 N–H and O–H groups in total. The predicted octanol–water partition coefficient (Wildman–Crippen LogP) is 3.54. The van der Waals surface area contributed by atoms with Crippen LogP contribution in [0.4, 0.5) is 0 Å². The second-order valence-electron chi connectivity index (χ2n) is 4.88. The van der Waals surface area contributed by atoms with Crippen LogP contribution < -0.4 is 10.1 Å². The van der Waals surface area contributed by atoms with Gasteiger partial charge in [0, 0.05) is 5.02 Å². The van der Waals surface area contributed by atoms with Crippen LogP contribution >= 0.6 is 27.5 Å². The van der Waals surface area contributed by atoms with Crippen LogP contribution in [0.1, 0.15) is 20.8 Å². The molecular formula is C14H16BrClN2O2. The fourth-order valence-corrected chi connectivity index (χ4v) is 2.16. The highest BCUT2D eigenvalue weighted by Crippen LogP contribution is 2.27. The van der Waals surface area contributed by atoms with Crippen LogP contribution in [-0.2, 0) is 4.79 Å². The molecule has 0 saturated carbocycles. The topological polar surface area (TPSA) is 62.1 Å². The van der Waals surface area contributed by atoms with Crippen molar-refractivity contribution in [1.82, 2.24) is 5.32 Å². The highest BCUT2D eigenvalue weighted by molar-refractivity contribution is 9.10. The summed E-state index contributed by atoms with van der Waals surface area (Å²) in [7, 11) is 0. The summed E-state index contributed by atoms with van der Waals surface area (Å²) in [6.45, 7) is 5.28. The molecule has 0 fully saturated rings. The summed E-state index contributed by atoms with van der Waals surface area (Å²) in [5.41, 5.74) is -0.905. The van der Waals surface area contributed by atoms with E-state index >= 15 is 0 Å². The van der Waals surface area contributed by atoms with Crippen molar-refractivity contribution < 1.29 is 9.53 Å². The second kappa shape index (κ2) is 6.96. The number of nitrogens with zero attached hydrogens (tertiary/aromatic N) is 1. The van der Waals surface area contributed by atoms with Crippen molar-refractivity contribution in [3.8, 4) is 11.8 Å². The lowest BCUT2D eigenvalue weighted by molar-refractivity contribution is -0.124. The van der Waals surface area contributed by atoms with E-state index < -0.39 is 5.54 Å². The number of nitrogens with one attached hydrogen (secondary N) is 1. The number of carbonyl (C=O) groups excluding carboxylic acids is 1. The van der Waals surface area contributed by atoms with Gasteiger partial charge in [-0.25, -0.2) is 0 Å². The molecule has 0 heterocycles. The van der Waals surface area contributed by atoms with E-state index in [1.54, 1.807) is 25.1 Å². The third-order valence-corrected chi connectivity index (χ3v) is 3.89.